The van der Waals surface area contributed by atoms with E-state index in [0.717, 1.165) is 11.3 Å². The molecule has 0 aliphatic rings. The Morgan fingerprint density at radius 2 is 1.50 bits per heavy atom. The van der Waals surface area contributed by atoms with Gasteiger partial charge < -0.3 is 24.7 Å². The Labute approximate surface area is 125 Å². The number of methoxy groups -OCH3 is 1. The summed E-state index contributed by atoms with van der Waals surface area (Å²) in [6, 6.07) is 7.34. The summed E-state index contributed by atoms with van der Waals surface area (Å²) in [5.41, 5.74) is 6.34. The lowest BCUT2D eigenvalue weighted by atomic mass is 10.2. The largest absolute Gasteiger partial charge is 0.491 e. The SMILES string of the molecule is COCCOCCOCCOc1ccc(C(N)=S)cc1. The van der Waals surface area contributed by atoms with Gasteiger partial charge in [0.1, 0.15) is 17.3 Å². The van der Waals surface area contributed by atoms with Gasteiger partial charge in [0.15, 0.2) is 0 Å². The van der Waals surface area contributed by atoms with Crippen molar-refractivity contribution in [3.05, 3.63) is 29.8 Å². The summed E-state index contributed by atoms with van der Waals surface area (Å²) in [6.07, 6.45) is 0. The predicted molar refractivity (Wildman–Crippen MR) is 81.3 cm³/mol. The third-order valence-electron chi connectivity index (χ3n) is 2.44. The Morgan fingerprint density at radius 3 is 2.05 bits per heavy atom. The molecule has 0 radical (unpaired) electrons. The van der Waals surface area contributed by atoms with Gasteiger partial charge in [-0.25, -0.2) is 0 Å². The molecule has 2 N–H and O–H groups in total. The van der Waals surface area contributed by atoms with Crippen LogP contribution in [0.1, 0.15) is 5.56 Å². The van der Waals surface area contributed by atoms with Crippen molar-refractivity contribution in [3.8, 4) is 5.75 Å². The van der Waals surface area contributed by atoms with Crippen LogP contribution in [-0.4, -0.2) is 51.7 Å². The van der Waals surface area contributed by atoms with Gasteiger partial charge in [-0.15, -0.1) is 0 Å². The molecular formula is C14H21NO4S. The van der Waals surface area contributed by atoms with Crippen LogP contribution in [0.4, 0.5) is 0 Å². The first-order valence-corrected chi connectivity index (χ1v) is 6.82. The number of thiocarbonyl (C=S) groups is 1. The molecule has 0 unspecified atom stereocenters. The first-order valence-electron chi connectivity index (χ1n) is 6.41. The van der Waals surface area contributed by atoms with E-state index in [0.29, 0.717) is 44.6 Å². The van der Waals surface area contributed by atoms with E-state index in [-0.39, 0.29) is 0 Å². The van der Waals surface area contributed by atoms with Crippen LogP contribution in [0.3, 0.4) is 0 Å². The second kappa shape index (κ2) is 10.6. The fourth-order valence-electron chi connectivity index (χ4n) is 1.40. The van der Waals surface area contributed by atoms with E-state index in [9.17, 15) is 0 Å². The minimum absolute atomic E-state index is 0.383. The average molecular weight is 299 g/mol. The summed E-state index contributed by atoms with van der Waals surface area (Å²) in [7, 11) is 1.64. The summed E-state index contributed by atoms with van der Waals surface area (Å²) < 4.78 is 21.0. The number of hydrogen-bond acceptors (Lipinski definition) is 5. The number of ether oxygens (including phenoxy) is 4. The molecule has 5 nitrogen and oxygen atoms in total. The van der Waals surface area contributed by atoms with Gasteiger partial charge in [0.25, 0.3) is 0 Å². The van der Waals surface area contributed by atoms with Gasteiger partial charge in [-0.1, -0.05) is 12.2 Å². The molecule has 0 atom stereocenters. The molecule has 0 aliphatic heterocycles. The van der Waals surface area contributed by atoms with E-state index in [2.05, 4.69) is 0 Å². The van der Waals surface area contributed by atoms with Gasteiger partial charge in [-0.3, -0.25) is 0 Å². The van der Waals surface area contributed by atoms with Gasteiger partial charge >= 0.3 is 0 Å². The summed E-state index contributed by atoms with van der Waals surface area (Å²) in [5.74, 6) is 0.768. The molecule has 1 rings (SSSR count). The summed E-state index contributed by atoms with van der Waals surface area (Å²) in [4.78, 5) is 0.383. The molecule has 0 saturated carbocycles. The number of hydrogen-bond donors (Lipinski definition) is 1. The number of benzene rings is 1. The Balaban J connectivity index is 2.02. The monoisotopic (exact) mass is 299 g/mol. The van der Waals surface area contributed by atoms with Gasteiger partial charge in [-0.2, -0.15) is 0 Å². The summed E-state index contributed by atoms with van der Waals surface area (Å²) >= 11 is 4.88. The van der Waals surface area contributed by atoms with Gasteiger partial charge in [0.2, 0.25) is 0 Å². The fraction of sp³-hybridized carbons (Fsp3) is 0.500. The smallest absolute Gasteiger partial charge is 0.119 e. The summed E-state index contributed by atoms with van der Waals surface area (Å²) in [5, 5.41) is 0. The topological polar surface area (TPSA) is 62.9 Å². The normalized spacial score (nSPS) is 10.4. The van der Waals surface area contributed by atoms with Crippen molar-refractivity contribution < 1.29 is 18.9 Å². The van der Waals surface area contributed by atoms with E-state index < -0.39 is 0 Å². The molecule has 0 fully saturated rings. The van der Waals surface area contributed by atoms with Gasteiger partial charge in [-0.05, 0) is 24.3 Å². The molecule has 0 spiro atoms. The van der Waals surface area contributed by atoms with Gasteiger partial charge in [0.05, 0.1) is 33.0 Å². The molecular weight excluding hydrogens is 278 g/mol. The van der Waals surface area contributed by atoms with Crippen molar-refractivity contribution in [2.24, 2.45) is 5.73 Å². The van der Waals surface area contributed by atoms with Crippen molar-refractivity contribution in [2.75, 3.05) is 46.8 Å². The zero-order chi connectivity index (χ0) is 14.6. The molecule has 0 aliphatic carbocycles. The minimum atomic E-state index is 0.383. The van der Waals surface area contributed by atoms with E-state index in [1.165, 1.54) is 0 Å². The van der Waals surface area contributed by atoms with E-state index in [1.807, 2.05) is 24.3 Å². The zero-order valence-electron chi connectivity index (χ0n) is 11.7. The van der Waals surface area contributed by atoms with Gasteiger partial charge in [0, 0.05) is 12.7 Å². The zero-order valence-corrected chi connectivity index (χ0v) is 12.5. The highest BCUT2D eigenvalue weighted by Crippen LogP contribution is 2.11. The molecule has 0 bridgehead atoms. The number of nitrogens with two attached hydrogens (primary N) is 1. The second-order valence-electron chi connectivity index (χ2n) is 3.95. The fourth-order valence-corrected chi connectivity index (χ4v) is 1.53. The molecule has 1 aromatic carbocycles. The Hall–Kier alpha value is -1.21. The van der Waals surface area contributed by atoms with Crippen molar-refractivity contribution >= 4 is 17.2 Å². The van der Waals surface area contributed by atoms with E-state index in [4.69, 9.17) is 36.9 Å². The van der Waals surface area contributed by atoms with Crippen molar-refractivity contribution in [1.29, 1.82) is 0 Å². The Morgan fingerprint density at radius 1 is 0.950 bits per heavy atom. The van der Waals surface area contributed by atoms with Crippen LogP contribution in [0.5, 0.6) is 5.75 Å². The molecule has 20 heavy (non-hydrogen) atoms. The van der Waals surface area contributed by atoms with E-state index in [1.54, 1.807) is 7.11 Å². The maximum atomic E-state index is 5.52. The highest BCUT2D eigenvalue weighted by Gasteiger charge is 1.97. The first kappa shape index (κ1) is 16.8. The lowest BCUT2D eigenvalue weighted by Crippen LogP contribution is -2.12. The standard InChI is InChI=1S/C14H21NO4S/c1-16-6-7-17-8-9-18-10-11-19-13-4-2-12(3-5-13)14(15)20/h2-5H,6-11H2,1H3,(H2,15,20). The van der Waals surface area contributed by atoms with Crippen LogP contribution in [-0.2, 0) is 14.2 Å². The van der Waals surface area contributed by atoms with Crippen molar-refractivity contribution in [2.45, 2.75) is 0 Å². The van der Waals surface area contributed by atoms with Crippen molar-refractivity contribution in [1.82, 2.24) is 0 Å². The van der Waals surface area contributed by atoms with E-state index >= 15 is 0 Å². The lowest BCUT2D eigenvalue weighted by Gasteiger charge is -2.08. The highest BCUT2D eigenvalue weighted by molar-refractivity contribution is 7.80. The van der Waals surface area contributed by atoms with Crippen LogP contribution in [0.25, 0.3) is 0 Å². The third-order valence-corrected chi connectivity index (χ3v) is 2.67. The number of rotatable bonds is 11. The molecule has 0 saturated heterocycles. The quantitative estimate of drug-likeness (QED) is 0.492. The van der Waals surface area contributed by atoms with Crippen LogP contribution >= 0.6 is 12.2 Å². The lowest BCUT2D eigenvalue weighted by molar-refractivity contribution is 0.0180. The Bertz CT molecular complexity index is 383. The third kappa shape index (κ3) is 7.40. The molecule has 0 heterocycles. The van der Waals surface area contributed by atoms with Crippen LogP contribution in [0.2, 0.25) is 0 Å². The molecule has 0 aromatic heterocycles. The minimum Gasteiger partial charge on any atom is -0.491 e. The second-order valence-corrected chi connectivity index (χ2v) is 4.39. The van der Waals surface area contributed by atoms with Crippen LogP contribution < -0.4 is 10.5 Å². The predicted octanol–water partition coefficient (Wildman–Crippen LogP) is 1.38. The molecule has 6 heteroatoms. The average Bonchev–Trinajstić information content (AvgIpc) is 2.46. The maximum absolute atomic E-state index is 5.52. The molecule has 1 aromatic rings. The molecule has 112 valence electrons. The van der Waals surface area contributed by atoms with Crippen molar-refractivity contribution in [3.63, 3.8) is 0 Å². The summed E-state index contributed by atoms with van der Waals surface area (Å²) in [6.45, 7) is 3.31. The molecule has 0 amide bonds. The highest BCUT2D eigenvalue weighted by atomic mass is 32.1. The first-order chi connectivity index (χ1) is 9.74. The Kier molecular flexibility index (Phi) is 8.90. The van der Waals surface area contributed by atoms with Crippen LogP contribution in [0, 0.1) is 0 Å². The maximum Gasteiger partial charge on any atom is 0.119 e. The van der Waals surface area contributed by atoms with Crippen LogP contribution in [0.15, 0.2) is 24.3 Å².